The summed E-state index contributed by atoms with van der Waals surface area (Å²) in [5.41, 5.74) is 4.76. The molecule has 9 nitrogen and oxygen atoms in total. The first-order valence-electron chi connectivity index (χ1n) is 13.0. The summed E-state index contributed by atoms with van der Waals surface area (Å²) in [6.07, 6.45) is 5.29. The smallest absolute Gasteiger partial charge is 0.246 e. The minimum Gasteiger partial charge on any atom is -0.457 e. The molecule has 1 aliphatic heterocycles. The number of halogens is 1. The van der Waals surface area contributed by atoms with E-state index in [-0.39, 0.29) is 23.6 Å². The monoisotopic (exact) mass is 537 g/mol. The van der Waals surface area contributed by atoms with Crippen molar-refractivity contribution in [2.24, 2.45) is 7.05 Å². The van der Waals surface area contributed by atoms with Crippen LogP contribution in [0.15, 0.2) is 67.8 Å². The number of carbonyl (C=O) groups excluding carboxylic acids is 1. The zero-order valence-electron chi connectivity index (χ0n) is 22.4. The number of hydrogen-bond acceptors (Lipinski definition) is 7. The van der Waals surface area contributed by atoms with E-state index in [0.29, 0.717) is 34.9 Å². The molecule has 1 aliphatic rings. The minimum absolute atomic E-state index is 0.0667. The van der Waals surface area contributed by atoms with Crippen molar-refractivity contribution in [3.8, 4) is 11.5 Å². The lowest BCUT2D eigenvalue weighted by Gasteiger charge is -2.19. The van der Waals surface area contributed by atoms with Crippen molar-refractivity contribution in [1.29, 1.82) is 0 Å². The Balaban J connectivity index is 1.27. The molecule has 5 aromatic rings. The molecule has 0 bridgehead atoms. The minimum atomic E-state index is -0.495. The molecule has 0 unspecified atom stereocenters. The number of likely N-dealkylation sites (tertiary alicyclic amines) is 1. The van der Waals surface area contributed by atoms with Gasteiger partial charge in [0.1, 0.15) is 29.2 Å². The summed E-state index contributed by atoms with van der Waals surface area (Å²) in [5, 5.41) is 3.10. The molecule has 10 heteroatoms. The second kappa shape index (κ2) is 10.0. The SMILES string of the molecule is C=CC(=O)N1C[C@@H](c2ccc3ncnc(Nc4cc(C)c(Oc5ccc6c(c5)ncn6C)cc4F)c3n2)C[C@@H]1C. The fourth-order valence-electron chi connectivity index (χ4n) is 5.25. The highest BCUT2D eigenvalue weighted by molar-refractivity contribution is 5.88. The molecule has 0 saturated carbocycles. The quantitative estimate of drug-likeness (QED) is 0.274. The first kappa shape index (κ1) is 25.4. The molecule has 2 atom stereocenters. The molecule has 202 valence electrons. The van der Waals surface area contributed by atoms with Gasteiger partial charge in [0, 0.05) is 43.4 Å². The first-order chi connectivity index (χ1) is 19.3. The van der Waals surface area contributed by atoms with Gasteiger partial charge in [-0.1, -0.05) is 6.58 Å². The van der Waals surface area contributed by atoms with E-state index in [2.05, 4.69) is 26.8 Å². The zero-order valence-corrected chi connectivity index (χ0v) is 22.4. The maximum atomic E-state index is 15.3. The van der Waals surface area contributed by atoms with Crippen molar-refractivity contribution in [2.75, 3.05) is 11.9 Å². The Hall–Kier alpha value is -4.86. The fourth-order valence-corrected chi connectivity index (χ4v) is 5.25. The molecule has 0 aliphatic carbocycles. The second-order valence-corrected chi connectivity index (χ2v) is 10.1. The molecule has 1 fully saturated rings. The summed E-state index contributed by atoms with van der Waals surface area (Å²) >= 11 is 0. The molecule has 1 saturated heterocycles. The normalized spacial score (nSPS) is 16.9. The van der Waals surface area contributed by atoms with E-state index >= 15 is 4.39 Å². The van der Waals surface area contributed by atoms with Gasteiger partial charge in [-0.25, -0.2) is 24.3 Å². The van der Waals surface area contributed by atoms with Gasteiger partial charge in [-0.05, 0) is 62.2 Å². The van der Waals surface area contributed by atoms with E-state index < -0.39 is 5.82 Å². The van der Waals surface area contributed by atoms with Crippen molar-refractivity contribution < 1.29 is 13.9 Å². The third-order valence-electron chi connectivity index (χ3n) is 7.40. The summed E-state index contributed by atoms with van der Waals surface area (Å²) < 4.78 is 23.3. The van der Waals surface area contributed by atoms with E-state index in [1.54, 1.807) is 17.3 Å². The Labute approximate surface area is 230 Å². The first-order valence-corrected chi connectivity index (χ1v) is 13.0. The third kappa shape index (κ3) is 4.61. The molecule has 3 aromatic heterocycles. The van der Waals surface area contributed by atoms with Crippen LogP contribution in [0.2, 0.25) is 0 Å². The molecule has 2 aromatic carbocycles. The molecule has 4 heterocycles. The lowest BCUT2D eigenvalue weighted by molar-refractivity contribution is -0.126. The van der Waals surface area contributed by atoms with Crippen LogP contribution >= 0.6 is 0 Å². The molecule has 0 spiro atoms. The number of fused-ring (bicyclic) bond motifs is 2. The van der Waals surface area contributed by atoms with Crippen LogP contribution in [-0.4, -0.2) is 47.9 Å². The Bertz CT molecular complexity index is 1780. The second-order valence-electron chi connectivity index (χ2n) is 10.1. The Kier molecular flexibility index (Phi) is 6.37. The van der Waals surface area contributed by atoms with E-state index in [1.807, 2.05) is 55.8 Å². The number of ether oxygens (including phenoxy) is 1. The van der Waals surface area contributed by atoms with Crippen molar-refractivity contribution in [1.82, 2.24) is 29.4 Å². The van der Waals surface area contributed by atoms with Gasteiger partial charge in [0.25, 0.3) is 0 Å². The predicted octanol–water partition coefficient (Wildman–Crippen LogP) is 5.79. The zero-order chi connectivity index (χ0) is 28.0. The average Bonchev–Trinajstić information content (AvgIpc) is 3.53. The van der Waals surface area contributed by atoms with Gasteiger partial charge in [-0.15, -0.1) is 0 Å². The highest BCUT2D eigenvalue weighted by atomic mass is 19.1. The molecule has 40 heavy (non-hydrogen) atoms. The van der Waals surface area contributed by atoms with Crippen LogP contribution < -0.4 is 10.1 Å². The summed E-state index contributed by atoms with van der Waals surface area (Å²) in [5.74, 6) is 0.854. The van der Waals surface area contributed by atoms with Crippen LogP contribution in [0.5, 0.6) is 11.5 Å². The molecule has 1 N–H and O–H groups in total. The average molecular weight is 538 g/mol. The summed E-state index contributed by atoms with van der Waals surface area (Å²) in [6, 6.07) is 12.5. The van der Waals surface area contributed by atoms with Gasteiger partial charge in [0.2, 0.25) is 5.91 Å². The molecule has 0 radical (unpaired) electrons. The van der Waals surface area contributed by atoms with E-state index in [4.69, 9.17) is 9.72 Å². The number of hydrogen-bond donors (Lipinski definition) is 1. The lowest BCUT2D eigenvalue weighted by Crippen LogP contribution is -2.32. The predicted molar refractivity (Wildman–Crippen MR) is 151 cm³/mol. The number of nitrogens with one attached hydrogen (secondary N) is 1. The van der Waals surface area contributed by atoms with Crippen LogP contribution in [0.1, 0.15) is 30.5 Å². The summed E-state index contributed by atoms with van der Waals surface area (Å²) in [4.78, 5) is 31.9. The Morgan fingerprint density at radius 3 is 2.83 bits per heavy atom. The number of benzene rings is 2. The van der Waals surface area contributed by atoms with Crippen molar-refractivity contribution in [3.63, 3.8) is 0 Å². The van der Waals surface area contributed by atoms with Gasteiger partial charge in [-0.3, -0.25) is 4.79 Å². The van der Waals surface area contributed by atoms with Crippen LogP contribution in [0.25, 0.3) is 22.1 Å². The highest BCUT2D eigenvalue weighted by Crippen LogP contribution is 2.35. The number of carbonyl (C=O) groups is 1. The van der Waals surface area contributed by atoms with Gasteiger partial charge in [0.05, 0.1) is 28.6 Å². The largest absolute Gasteiger partial charge is 0.457 e. The number of imidazole rings is 1. The van der Waals surface area contributed by atoms with Crippen molar-refractivity contribution >= 4 is 39.5 Å². The Morgan fingerprint density at radius 2 is 2.00 bits per heavy atom. The van der Waals surface area contributed by atoms with E-state index in [1.165, 1.54) is 18.5 Å². The molecular formula is C30H28FN7O2. The summed E-state index contributed by atoms with van der Waals surface area (Å²) in [7, 11) is 1.92. The highest BCUT2D eigenvalue weighted by Gasteiger charge is 2.33. The number of pyridine rings is 1. The van der Waals surface area contributed by atoms with E-state index in [9.17, 15) is 4.79 Å². The maximum Gasteiger partial charge on any atom is 0.246 e. The topological polar surface area (TPSA) is 98.1 Å². The fraction of sp³-hybridized carbons (Fsp3) is 0.233. The number of amides is 1. The third-order valence-corrected chi connectivity index (χ3v) is 7.40. The van der Waals surface area contributed by atoms with Gasteiger partial charge in [-0.2, -0.15) is 0 Å². The lowest BCUT2D eigenvalue weighted by atomic mass is 10.0. The standard InChI is InChI=1S/C30H28FN7O2/c1-5-28(39)38-14-19(11-18(38)3)22-7-8-23-29(35-22)30(33-15-32-23)36-24-10-17(2)27(13-21(24)31)40-20-6-9-26-25(12-20)34-16-37(26)4/h5-10,12-13,15-16,18-19H,1,11,14H2,2-4H3,(H,32,33,36)/t18-,19-/m0/s1. The number of rotatable bonds is 6. The van der Waals surface area contributed by atoms with Crippen LogP contribution in [0, 0.1) is 12.7 Å². The van der Waals surface area contributed by atoms with Crippen LogP contribution in [-0.2, 0) is 11.8 Å². The van der Waals surface area contributed by atoms with Crippen molar-refractivity contribution in [3.05, 3.63) is 84.8 Å². The maximum absolute atomic E-state index is 15.3. The number of nitrogens with zero attached hydrogens (tertiary/aromatic N) is 6. The van der Waals surface area contributed by atoms with Crippen molar-refractivity contribution in [2.45, 2.75) is 32.2 Å². The number of aromatic nitrogens is 5. The number of aryl methyl sites for hydroxylation is 2. The molecule has 1 amide bonds. The summed E-state index contributed by atoms with van der Waals surface area (Å²) in [6.45, 7) is 8.04. The Morgan fingerprint density at radius 1 is 1.15 bits per heavy atom. The van der Waals surface area contributed by atoms with Gasteiger partial charge < -0.3 is 19.5 Å². The van der Waals surface area contributed by atoms with Crippen LogP contribution in [0.3, 0.4) is 0 Å². The van der Waals surface area contributed by atoms with Gasteiger partial charge in [0.15, 0.2) is 5.82 Å². The van der Waals surface area contributed by atoms with E-state index in [0.717, 1.165) is 28.7 Å². The number of anilines is 2. The molecule has 6 rings (SSSR count). The van der Waals surface area contributed by atoms with Crippen LogP contribution in [0.4, 0.5) is 15.9 Å². The van der Waals surface area contributed by atoms with Gasteiger partial charge >= 0.3 is 0 Å². The molecular weight excluding hydrogens is 509 g/mol.